The van der Waals surface area contributed by atoms with E-state index < -0.39 is 10.1 Å². The molecule has 0 aromatic heterocycles. The van der Waals surface area contributed by atoms with Gasteiger partial charge in [0.25, 0.3) is 10.1 Å². The van der Waals surface area contributed by atoms with Gasteiger partial charge in [0.05, 0.1) is 25.7 Å². The fraction of sp³-hybridized carbons (Fsp3) is 0.333. The summed E-state index contributed by atoms with van der Waals surface area (Å²) in [6.07, 6.45) is 3.58. The minimum Gasteiger partial charge on any atom is -0.503 e. The summed E-state index contributed by atoms with van der Waals surface area (Å²) in [4.78, 5) is 5.02. The first-order chi connectivity index (χ1) is 17.6. The third kappa shape index (κ3) is 10.5. The molecule has 4 rings (SSSR count). The van der Waals surface area contributed by atoms with Gasteiger partial charge in [-0.25, -0.2) is 0 Å². The van der Waals surface area contributed by atoms with E-state index >= 15 is 0 Å². The van der Waals surface area contributed by atoms with E-state index in [2.05, 4.69) is 50.2 Å². The first kappa shape index (κ1) is 34.5. The Bertz CT molecular complexity index is 1310. The summed E-state index contributed by atoms with van der Waals surface area (Å²) in [5.41, 5.74) is 7.60. The van der Waals surface area contributed by atoms with Gasteiger partial charge < -0.3 is 26.6 Å². The molecule has 1 atom stereocenters. The average molecular weight is 732 g/mol. The largest absolute Gasteiger partial charge is 0.503 e. The molecule has 1 radical (unpaired) electrons. The van der Waals surface area contributed by atoms with Crippen LogP contribution < -0.4 is 9.47 Å². The van der Waals surface area contributed by atoms with E-state index in [9.17, 15) is 8.42 Å². The molecule has 39 heavy (non-hydrogen) atoms. The van der Waals surface area contributed by atoms with Gasteiger partial charge in [0.1, 0.15) is 11.9 Å². The summed E-state index contributed by atoms with van der Waals surface area (Å²) in [6.45, 7) is 4.59. The molecule has 0 saturated carbocycles. The number of methoxy groups -OCH3 is 2. The molecule has 0 bridgehead atoms. The number of hydrogen-bond donors (Lipinski definition) is 1. The van der Waals surface area contributed by atoms with Crippen molar-refractivity contribution in [1.82, 2.24) is 0 Å². The standard InChI is InChI=1S/C28H30NO3.CH4O3S.CH3.Ir/c1-19-15-23(16-20(2)28(19)31-4)29-26-12-8-11-21-13-14-24(17-25(21)26)32-27(18-30-3)22-9-6-5-7-10-22;1-5(2,3)4;;/h5-7,9-10,13-16,27H,8,11-12,18H2,1-4H3;1H3,(H,2,3,4);1H3;/q-1;;-1;/t27-;;;/m1.../s1. The molecule has 0 spiro atoms. The van der Waals surface area contributed by atoms with Crippen LogP contribution in [-0.2, 0) is 41.4 Å². The van der Waals surface area contributed by atoms with Crippen molar-refractivity contribution in [2.24, 2.45) is 4.99 Å². The molecule has 1 aliphatic carbocycles. The summed E-state index contributed by atoms with van der Waals surface area (Å²) < 4.78 is 43.1. The fourth-order valence-corrected chi connectivity index (χ4v) is 4.36. The first-order valence-corrected chi connectivity index (χ1v) is 13.8. The van der Waals surface area contributed by atoms with E-state index in [1.54, 1.807) is 14.2 Å². The van der Waals surface area contributed by atoms with E-state index in [-0.39, 0.29) is 33.6 Å². The second kappa shape index (κ2) is 15.9. The van der Waals surface area contributed by atoms with Gasteiger partial charge in [-0.05, 0) is 54.8 Å². The van der Waals surface area contributed by atoms with Crippen LogP contribution in [0, 0.1) is 27.3 Å². The first-order valence-electron chi connectivity index (χ1n) is 12.0. The minimum absolute atomic E-state index is 0. The van der Waals surface area contributed by atoms with Gasteiger partial charge in [-0.15, -0.1) is 23.3 Å². The second-order valence-corrected chi connectivity index (χ2v) is 10.4. The Morgan fingerprint density at radius 1 is 1.03 bits per heavy atom. The van der Waals surface area contributed by atoms with Crippen LogP contribution in [0.15, 0.2) is 59.6 Å². The SMILES string of the molecule is COC[C@@H](Oc1[c-]c2c(cc1)CCCC2=Nc1cc(C)c(OC)c(C)c1)c1ccccc1.CS(=O)(=O)O.[CH3-].[Ir]. The molecule has 1 aliphatic rings. The zero-order valence-corrected chi connectivity index (χ0v) is 26.5. The monoisotopic (exact) mass is 732 g/mol. The Morgan fingerprint density at radius 3 is 2.21 bits per heavy atom. The van der Waals surface area contributed by atoms with Crippen LogP contribution in [0.1, 0.15) is 46.8 Å². The third-order valence-electron chi connectivity index (χ3n) is 5.83. The molecule has 0 saturated heterocycles. The van der Waals surface area contributed by atoms with Gasteiger partial charge in [0.15, 0.2) is 0 Å². The van der Waals surface area contributed by atoms with Crippen LogP contribution in [0.5, 0.6) is 11.5 Å². The number of benzene rings is 3. The fourth-order valence-electron chi connectivity index (χ4n) is 4.36. The van der Waals surface area contributed by atoms with Crippen LogP contribution in [-0.4, -0.2) is 45.8 Å². The van der Waals surface area contributed by atoms with Crippen molar-refractivity contribution in [3.8, 4) is 11.5 Å². The van der Waals surface area contributed by atoms with Gasteiger partial charge in [-0.2, -0.15) is 8.42 Å². The molecule has 0 heterocycles. The summed E-state index contributed by atoms with van der Waals surface area (Å²) in [5.74, 6) is 1.64. The van der Waals surface area contributed by atoms with E-state index in [0.717, 1.165) is 58.7 Å². The summed E-state index contributed by atoms with van der Waals surface area (Å²) in [7, 11) is -0.263. The Balaban J connectivity index is 0.000000998. The Labute approximate surface area is 246 Å². The zero-order chi connectivity index (χ0) is 27.0. The minimum atomic E-state index is -3.67. The zero-order valence-electron chi connectivity index (χ0n) is 23.3. The van der Waals surface area contributed by atoms with E-state index in [4.69, 9.17) is 23.8 Å². The number of rotatable bonds is 7. The van der Waals surface area contributed by atoms with Gasteiger partial charge in [0, 0.05) is 33.0 Å². The molecule has 0 fully saturated rings. The van der Waals surface area contributed by atoms with Crippen molar-refractivity contribution in [2.45, 2.75) is 39.2 Å². The van der Waals surface area contributed by atoms with Crippen LogP contribution in [0.4, 0.5) is 5.69 Å². The summed E-state index contributed by atoms with van der Waals surface area (Å²) >= 11 is 0. The van der Waals surface area contributed by atoms with Crippen molar-refractivity contribution < 1.29 is 47.3 Å². The molecule has 0 aliphatic heterocycles. The van der Waals surface area contributed by atoms with Gasteiger partial charge >= 0.3 is 0 Å². The Morgan fingerprint density at radius 2 is 1.64 bits per heavy atom. The van der Waals surface area contributed by atoms with E-state index in [1.165, 1.54) is 5.56 Å². The number of hydrogen-bond acceptors (Lipinski definition) is 6. The topological polar surface area (TPSA) is 94.4 Å². The van der Waals surface area contributed by atoms with E-state index in [0.29, 0.717) is 18.6 Å². The number of ether oxygens (including phenoxy) is 3. The van der Waals surface area contributed by atoms with E-state index in [1.807, 2.05) is 24.3 Å². The third-order valence-corrected chi connectivity index (χ3v) is 5.83. The van der Waals surface area contributed by atoms with Crippen molar-refractivity contribution in [1.29, 1.82) is 0 Å². The predicted molar refractivity (Wildman–Crippen MR) is 152 cm³/mol. The Kier molecular flexibility index (Phi) is 14.0. The van der Waals surface area contributed by atoms with Crippen molar-refractivity contribution in [2.75, 3.05) is 27.1 Å². The normalized spacial score (nSPS) is 14.1. The maximum absolute atomic E-state index is 9.19. The van der Waals surface area contributed by atoms with Gasteiger partial charge in [-0.1, -0.05) is 49.2 Å². The molecular formula is C30H37IrNO6S-2. The molecule has 1 N–H and O–H groups in total. The molecule has 9 heteroatoms. The smallest absolute Gasteiger partial charge is 0.261 e. The summed E-state index contributed by atoms with van der Waals surface area (Å²) in [6, 6.07) is 22.0. The van der Waals surface area contributed by atoms with Crippen molar-refractivity contribution >= 4 is 21.5 Å². The maximum Gasteiger partial charge on any atom is 0.261 e. The molecule has 3 aromatic carbocycles. The second-order valence-electron chi connectivity index (χ2n) is 8.95. The molecule has 0 unspecified atom stereocenters. The molecule has 3 aromatic rings. The van der Waals surface area contributed by atoms with Crippen LogP contribution >= 0.6 is 0 Å². The van der Waals surface area contributed by atoms with Gasteiger partial charge in [-0.3, -0.25) is 4.55 Å². The van der Waals surface area contributed by atoms with Crippen LogP contribution in [0.3, 0.4) is 0 Å². The van der Waals surface area contributed by atoms with Gasteiger partial charge in [0.2, 0.25) is 0 Å². The molecule has 0 amide bonds. The average Bonchev–Trinajstić information content (AvgIpc) is 2.83. The predicted octanol–water partition coefficient (Wildman–Crippen LogP) is 6.29. The molecular weight excluding hydrogens is 695 g/mol. The van der Waals surface area contributed by atoms with Crippen molar-refractivity contribution in [3.63, 3.8) is 0 Å². The number of nitrogens with zero attached hydrogens (tertiary/aromatic N) is 1. The number of aliphatic imine (C=N–C) groups is 1. The quantitative estimate of drug-likeness (QED) is 0.227. The maximum atomic E-state index is 9.19. The van der Waals surface area contributed by atoms with Crippen LogP contribution in [0.25, 0.3) is 0 Å². The van der Waals surface area contributed by atoms with Crippen LogP contribution in [0.2, 0.25) is 0 Å². The number of aryl methyl sites for hydroxylation is 3. The Hall–Kier alpha value is -2.55. The van der Waals surface area contributed by atoms with Crippen molar-refractivity contribution in [3.05, 3.63) is 95.9 Å². The number of fused-ring (bicyclic) bond motifs is 1. The molecule has 7 nitrogen and oxygen atoms in total. The molecule has 215 valence electrons. The summed E-state index contributed by atoms with van der Waals surface area (Å²) in [5, 5.41) is 0.